The molecule has 1 N–H and O–H groups in total. The number of hydrogen-bond donors (Lipinski definition) is 1. The highest BCUT2D eigenvalue weighted by molar-refractivity contribution is 5.75. The first-order chi connectivity index (χ1) is 11.1. The maximum atomic E-state index is 10.4. The van der Waals surface area contributed by atoms with E-state index in [9.17, 15) is 5.11 Å². The summed E-state index contributed by atoms with van der Waals surface area (Å²) in [4.78, 5) is 11.5. The summed E-state index contributed by atoms with van der Waals surface area (Å²) < 4.78 is 6.07. The van der Waals surface area contributed by atoms with Gasteiger partial charge in [-0.2, -0.15) is 0 Å². The molecule has 3 heterocycles. The van der Waals surface area contributed by atoms with Gasteiger partial charge < -0.3 is 14.7 Å². The molecule has 2 aromatic rings. The van der Waals surface area contributed by atoms with Gasteiger partial charge in [0, 0.05) is 19.5 Å². The Balaban J connectivity index is 1.50. The fourth-order valence-corrected chi connectivity index (χ4v) is 3.89. The molecule has 0 bridgehead atoms. The third kappa shape index (κ3) is 2.91. The highest BCUT2D eigenvalue weighted by atomic mass is 16.5. The number of rotatable bonds is 1. The SMILES string of the molecule is CC1(O)CCOC2(CCN(c3cnc4ccccc4n3)CC2)C1. The van der Waals surface area contributed by atoms with Crippen molar-refractivity contribution in [2.75, 3.05) is 24.6 Å². The standard InChI is InChI=1S/C18H23N3O2/c1-17(22)8-11-23-18(13-17)6-9-21(10-7-18)16-12-19-14-4-2-3-5-15(14)20-16/h2-5,12,22H,6-11,13H2,1H3. The average molecular weight is 313 g/mol. The Morgan fingerprint density at radius 2 is 1.87 bits per heavy atom. The molecule has 1 atom stereocenters. The Hall–Kier alpha value is -1.72. The molecule has 1 aromatic heterocycles. The lowest BCUT2D eigenvalue weighted by Crippen LogP contribution is -2.53. The van der Waals surface area contributed by atoms with Crippen LogP contribution in [0.2, 0.25) is 0 Å². The molecule has 1 spiro atoms. The molecule has 0 saturated carbocycles. The fourth-order valence-electron chi connectivity index (χ4n) is 3.89. The van der Waals surface area contributed by atoms with Crippen LogP contribution in [0.4, 0.5) is 5.82 Å². The maximum absolute atomic E-state index is 10.4. The molecular formula is C18H23N3O2. The summed E-state index contributed by atoms with van der Waals surface area (Å²) in [5.74, 6) is 0.932. The first kappa shape index (κ1) is 14.8. The molecule has 1 unspecified atom stereocenters. The minimum absolute atomic E-state index is 0.164. The topological polar surface area (TPSA) is 58.5 Å². The summed E-state index contributed by atoms with van der Waals surface area (Å²) in [6.45, 7) is 4.37. The van der Waals surface area contributed by atoms with E-state index in [1.54, 1.807) is 0 Å². The molecule has 2 saturated heterocycles. The van der Waals surface area contributed by atoms with Crippen LogP contribution in [-0.2, 0) is 4.74 Å². The lowest BCUT2D eigenvalue weighted by atomic mass is 9.78. The predicted octanol–water partition coefficient (Wildman–Crippen LogP) is 2.53. The number of benzene rings is 1. The maximum Gasteiger partial charge on any atom is 0.147 e. The van der Waals surface area contributed by atoms with Gasteiger partial charge in [0.15, 0.2) is 0 Å². The second kappa shape index (κ2) is 5.42. The lowest BCUT2D eigenvalue weighted by molar-refractivity contribution is -0.162. The van der Waals surface area contributed by atoms with Crippen molar-refractivity contribution in [3.8, 4) is 0 Å². The monoisotopic (exact) mass is 313 g/mol. The van der Waals surface area contributed by atoms with E-state index < -0.39 is 5.60 Å². The Bertz CT molecular complexity index is 708. The van der Waals surface area contributed by atoms with Crippen LogP contribution in [-0.4, -0.2) is 46.0 Å². The van der Waals surface area contributed by atoms with E-state index in [1.165, 1.54) is 0 Å². The number of fused-ring (bicyclic) bond motifs is 1. The number of aromatic nitrogens is 2. The number of anilines is 1. The van der Waals surface area contributed by atoms with Crippen LogP contribution in [0.3, 0.4) is 0 Å². The van der Waals surface area contributed by atoms with Crippen LogP contribution >= 0.6 is 0 Å². The van der Waals surface area contributed by atoms with Crippen LogP contribution < -0.4 is 4.90 Å². The molecule has 4 rings (SSSR count). The number of para-hydroxylation sites is 2. The molecule has 0 radical (unpaired) electrons. The van der Waals surface area contributed by atoms with E-state index in [0.29, 0.717) is 6.61 Å². The van der Waals surface area contributed by atoms with Crippen LogP contribution in [0.15, 0.2) is 30.5 Å². The number of nitrogens with zero attached hydrogens (tertiary/aromatic N) is 3. The van der Waals surface area contributed by atoms with E-state index >= 15 is 0 Å². The first-order valence-corrected chi connectivity index (χ1v) is 8.39. The number of ether oxygens (including phenoxy) is 1. The van der Waals surface area contributed by atoms with Gasteiger partial charge in [0.25, 0.3) is 0 Å². The molecule has 5 heteroatoms. The minimum atomic E-state index is -0.594. The molecule has 2 fully saturated rings. The third-order valence-electron chi connectivity index (χ3n) is 5.19. The molecule has 5 nitrogen and oxygen atoms in total. The summed E-state index contributed by atoms with van der Waals surface area (Å²) in [5, 5.41) is 10.4. The average Bonchev–Trinajstić information content (AvgIpc) is 2.54. The fraction of sp³-hybridized carbons (Fsp3) is 0.556. The lowest BCUT2D eigenvalue weighted by Gasteiger charge is -2.48. The van der Waals surface area contributed by atoms with Crippen molar-refractivity contribution in [1.82, 2.24) is 9.97 Å². The van der Waals surface area contributed by atoms with E-state index in [0.717, 1.165) is 55.6 Å². The molecule has 2 aliphatic rings. The second-order valence-electron chi connectivity index (χ2n) is 7.16. The molecule has 0 aliphatic carbocycles. The van der Waals surface area contributed by atoms with Gasteiger partial charge in [-0.05, 0) is 38.3 Å². The van der Waals surface area contributed by atoms with Gasteiger partial charge >= 0.3 is 0 Å². The van der Waals surface area contributed by atoms with E-state index in [1.807, 2.05) is 37.4 Å². The summed E-state index contributed by atoms with van der Waals surface area (Å²) in [5.41, 5.74) is 1.10. The number of aliphatic hydroxyl groups is 1. The van der Waals surface area contributed by atoms with Crippen molar-refractivity contribution in [3.63, 3.8) is 0 Å². The largest absolute Gasteiger partial charge is 0.390 e. The van der Waals surface area contributed by atoms with Gasteiger partial charge in [-0.25, -0.2) is 4.98 Å². The minimum Gasteiger partial charge on any atom is -0.390 e. The Labute approximate surface area is 136 Å². The summed E-state index contributed by atoms with van der Waals surface area (Å²) in [6.07, 6.45) is 5.18. The van der Waals surface area contributed by atoms with Crippen molar-refractivity contribution >= 4 is 16.9 Å². The van der Waals surface area contributed by atoms with Crippen molar-refractivity contribution in [2.45, 2.75) is 43.8 Å². The van der Waals surface area contributed by atoms with Gasteiger partial charge in [0.1, 0.15) is 5.82 Å². The van der Waals surface area contributed by atoms with Crippen molar-refractivity contribution < 1.29 is 9.84 Å². The first-order valence-electron chi connectivity index (χ1n) is 8.39. The number of hydrogen-bond acceptors (Lipinski definition) is 5. The molecule has 1 aromatic carbocycles. The van der Waals surface area contributed by atoms with Gasteiger partial charge in [0.05, 0.1) is 35.0 Å². The third-order valence-corrected chi connectivity index (χ3v) is 5.19. The molecule has 0 amide bonds. The molecule has 23 heavy (non-hydrogen) atoms. The Kier molecular flexibility index (Phi) is 3.50. The smallest absolute Gasteiger partial charge is 0.147 e. The zero-order valence-electron chi connectivity index (χ0n) is 13.5. The highest BCUT2D eigenvalue weighted by Gasteiger charge is 2.44. The van der Waals surface area contributed by atoms with Crippen molar-refractivity contribution in [1.29, 1.82) is 0 Å². The van der Waals surface area contributed by atoms with Crippen molar-refractivity contribution in [2.24, 2.45) is 0 Å². The van der Waals surface area contributed by atoms with Crippen molar-refractivity contribution in [3.05, 3.63) is 30.5 Å². The number of piperidine rings is 1. The van der Waals surface area contributed by atoms with Gasteiger partial charge in [0.2, 0.25) is 0 Å². The van der Waals surface area contributed by atoms with Crippen LogP contribution in [0.5, 0.6) is 0 Å². The van der Waals surface area contributed by atoms with Gasteiger partial charge in [-0.15, -0.1) is 0 Å². The summed E-state index contributed by atoms with van der Waals surface area (Å²) >= 11 is 0. The summed E-state index contributed by atoms with van der Waals surface area (Å²) in [7, 11) is 0. The van der Waals surface area contributed by atoms with Crippen LogP contribution in [0.1, 0.15) is 32.6 Å². The van der Waals surface area contributed by atoms with Crippen LogP contribution in [0.25, 0.3) is 11.0 Å². The van der Waals surface area contributed by atoms with Crippen LogP contribution in [0, 0.1) is 0 Å². The van der Waals surface area contributed by atoms with Gasteiger partial charge in [-0.1, -0.05) is 12.1 Å². The predicted molar refractivity (Wildman–Crippen MR) is 89.5 cm³/mol. The summed E-state index contributed by atoms with van der Waals surface area (Å²) in [6, 6.07) is 7.95. The molecule has 2 aliphatic heterocycles. The zero-order chi connectivity index (χ0) is 15.9. The quantitative estimate of drug-likeness (QED) is 0.877. The Morgan fingerprint density at radius 3 is 2.61 bits per heavy atom. The normalized spacial score (nSPS) is 27.5. The molecular weight excluding hydrogens is 290 g/mol. The molecule has 122 valence electrons. The second-order valence-corrected chi connectivity index (χ2v) is 7.16. The van der Waals surface area contributed by atoms with E-state index in [4.69, 9.17) is 9.72 Å². The Morgan fingerprint density at radius 1 is 1.13 bits per heavy atom. The van der Waals surface area contributed by atoms with E-state index in [2.05, 4.69) is 9.88 Å². The highest BCUT2D eigenvalue weighted by Crippen LogP contribution is 2.39. The zero-order valence-corrected chi connectivity index (χ0v) is 13.5. The van der Waals surface area contributed by atoms with E-state index in [-0.39, 0.29) is 5.60 Å². The van der Waals surface area contributed by atoms with Gasteiger partial charge in [-0.3, -0.25) is 4.98 Å².